The molecule has 0 atom stereocenters. The molecule has 0 bridgehead atoms. The van der Waals surface area contributed by atoms with E-state index in [0.717, 1.165) is 12.8 Å². The molecule has 0 aliphatic heterocycles. The molecule has 0 aromatic rings. The predicted molar refractivity (Wildman–Crippen MR) is 102 cm³/mol. The van der Waals surface area contributed by atoms with Crippen LogP contribution in [-0.2, 0) is 14.3 Å². The highest BCUT2D eigenvalue weighted by Gasteiger charge is 2.01. The van der Waals surface area contributed by atoms with Crippen molar-refractivity contribution in [2.75, 3.05) is 20.3 Å². The van der Waals surface area contributed by atoms with Crippen molar-refractivity contribution in [2.24, 2.45) is 0 Å². The number of methoxy groups -OCH3 is 1. The summed E-state index contributed by atoms with van der Waals surface area (Å²) < 4.78 is 9.87. The average Bonchev–Trinajstić information content (AvgIpc) is 2.58. The van der Waals surface area contributed by atoms with Crippen molar-refractivity contribution in [3.8, 4) is 0 Å². The first-order chi connectivity index (χ1) is 11.8. The quantitative estimate of drug-likeness (QED) is 0.169. The summed E-state index contributed by atoms with van der Waals surface area (Å²) in [5.74, 6) is -0.0929. The fraction of sp³-hybridized carbons (Fsp3) is 0.857. The Hall–Kier alpha value is -0.830. The van der Waals surface area contributed by atoms with Crippen LogP contribution in [0.4, 0.5) is 0 Å². The summed E-state index contributed by atoms with van der Waals surface area (Å²) >= 11 is 0. The van der Waals surface area contributed by atoms with Crippen LogP contribution in [-0.4, -0.2) is 26.3 Å². The standard InChI is InChI=1S/C21H40O3/c1-3-4-5-6-7-8-9-10-11-12-13-14-15-16-17-18-21(22)24-20-19-23-2/h10-11H,3-9,12-20H2,1-2H3/b11-10-. The SMILES string of the molecule is CCCCCCCC/C=C\CCCCCCCC(=O)OCCOC. The van der Waals surface area contributed by atoms with Crippen molar-refractivity contribution in [3.05, 3.63) is 12.2 Å². The van der Waals surface area contributed by atoms with Gasteiger partial charge in [0.15, 0.2) is 0 Å². The molecule has 0 spiro atoms. The molecule has 0 unspecified atom stereocenters. The molecule has 0 aromatic carbocycles. The Labute approximate surface area is 150 Å². The highest BCUT2D eigenvalue weighted by molar-refractivity contribution is 5.69. The largest absolute Gasteiger partial charge is 0.463 e. The second kappa shape index (κ2) is 20.2. The van der Waals surface area contributed by atoms with E-state index in [1.54, 1.807) is 7.11 Å². The van der Waals surface area contributed by atoms with E-state index in [1.807, 2.05) is 0 Å². The van der Waals surface area contributed by atoms with Gasteiger partial charge in [0.2, 0.25) is 0 Å². The van der Waals surface area contributed by atoms with E-state index in [-0.39, 0.29) is 5.97 Å². The minimum atomic E-state index is -0.0929. The van der Waals surface area contributed by atoms with Gasteiger partial charge in [-0.2, -0.15) is 0 Å². The van der Waals surface area contributed by atoms with E-state index in [2.05, 4.69) is 19.1 Å². The van der Waals surface area contributed by atoms with Crippen molar-refractivity contribution in [2.45, 2.75) is 96.8 Å². The van der Waals surface area contributed by atoms with Gasteiger partial charge in [-0.3, -0.25) is 4.79 Å². The molecular weight excluding hydrogens is 300 g/mol. The summed E-state index contributed by atoms with van der Waals surface area (Å²) in [5.41, 5.74) is 0. The lowest BCUT2D eigenvalue weighted by Gasteiger charge is -2.03. The fourth-order valence-electron chi connectivity index (χ4n) is 2.65. The van der Waals surface area contributed by atoms with Gasteiger partial charge in [-0.15, -0.1) is 0 Å². The van der Waals surface area contributed by atoms with Crippen LogP contribution in [0.1, 0.15) is 96.8 Å². The molecule has 3 nitrogen and oxygen atoms in total. The third-order valence-electron chi connectivity index (χ3n) is 4.19. The maximum Gasteiger partial charge on any atom is 0.305 e. The normalized spacial score (nSPS) is 11.2. The van der Waals surface area contributed by atoms with Gasteiger partial charge in [0.1, 0.15) is 6.61 Å². The molecule has 0 heterocycles. The van der Waals surface area contributed by atoms with Gasteiger partial charge in [0.05, 0.1) is 6.61 Å². The number of carbonyl (C=O) groups excluding carboxylic acids is 1. The second-order valence-electron chi connectivity index (χ2n) is 6.55. The molecule has 0 saturated heterocycles. The monoisotopic (exact) mass is 340 g/mol. The number of hydrogen-bond donors (Lipinski definition) is 0. The van der Waals surface area contributed by atoms with Crippen molar-refractivity contribution in [1.29, 1.82) is 0 Å². The summed E-state index contributed by atoms with van der Waals surface area (Å²) in [6, 6.07) is 0. The number of ether oxygens (including phenoxy) is 2. The number of carbonyl (C=O) groups is 1. The van der Waals surface area contributed by atoms with E-state index >= 15 is 0 Å². The third-order valence-corrected chi connectivity index (χ3v) is 4.19. The molecule has 0 aliphatic rings. The van der Waals surface area contributed by atoms with E-state index in [1.165, 1.54) is 70.6 Å². The first-order valence-corrected chi connectivity index (χ1v) is 10.1. The molecule has 3 heteroatoms. The van der Waals surface area contributed by atoms with Gasteiger partial charge < -0.3 is 9.47 Å². The lowest BCUT2D eigenvalue weighted by molar-refractivity contribution is -0.145. The van der Waals surface area contributed by atoms with E-state index in [4.69, 9.17) is 9.47 Å². The highest BCUT2D eigenvalue weighted by Crippen LogP contribution is 2.10. The average molecular weight is 341 g/mol. The minimum Gasteiger partial charge on any atom is -0.463 e. The van der Waals surface area contributed by atoms with Crippen molar-refractivity contribution >= 4 is 5.97 Å². The van der Waals surface area contributed by atoms with Gasteiger partial charge >= 0.3 is 5.97 Å². The van der Waals surface area contributed by atoms with Crippen LogP contribution in [0.3, 0.4) is 0 Å². The Morgan fingerprint density at radius 3 is 1.88 bits per heavy atom. The van der Waals surface area contributed by atoms with Crippen LogP contribution in [0.5, 0.6) is 0 Å². The zero-order valence-electron chi connectivity index (χ0n) is 16.2. The van der Waals surface area contributed by atoms with E-state index in [9.17, 15) is 4.79 Å². The number of unbranched alkanes of at least 4 members (excludes halogenated alkanes) is 11. The van der Waals surface area contributed by atoms with Gasteiger partial charge in [-0.25, -0.2) is 0 Å². The number of hydrogen-bond acceptors (Lipinski definition) is 3. The zero-order valence-corrected chi connectivity index (χ0v) is 16.2. The Kier molecular flexibility index (Phi) is 19.5. The first kappa shape index (κ1) is 23.2. The molecule has 0 amide bonds. The van der Waals surface area contributed by atoms with Crippen LogP contribution in [0.25, 0.3) is 0 Å². The third kappa shape index (κ3) is 19.2. The Balaban J connectivity index is 3.16. The van der Waals surface area contributed by atoms with Crippen molar-refractivity contribution in [1.82, 2.24) is 0 Å². The summed E-state index contributed by atoms with van der Waals surface area (Å²) in [7, 11) is 1.61. The molecule has 0 fully saturated rings. The molecule has 0 rings (SSSR count). The summed E-state index contributed by atoms with van der Waals surface area (Å²) in [6.45, 7) is 3.12. The maximum atomic E-state index is 11.4. The van der Waals surface area contributed by atoms with E-state index < -0.39 is 0 Å². The fourth-order valence-corrected chi connectivity index (χ4v) is 2.65. The topological polar surface area (TPSA) is 35.5 Å². The van der Waals surface area contributed by atoms with Gasteiger partial charge in [0, 0.05) is 13.5 Å². The Morgan fingerprint density at radius 1 is 0.750 bits per heavy atom. The molecule has 24 heavy (non-hydrogen) atoms. The van der Waals surface area contributed by atoms with Crippen LogP contribution in [0.15, 0.2) is 12.2 Å². The molecule has 0 N–H and O–H groups in total. The maximum absolute atomic E-state index is 11.4. The smallest absolute Gasteiger partial charge is 0.305 e. The predicted octanol–water partition coefficient (Wildman–Crippen LogP) is 6.21. The Bertz CT molecular complexity index is 287. The first-order valence-electron chi connectivity index (χ1n) is 10.1. The number of allylic oxidation sites excluding steroid dienone is 2. The summed E-state index contributed by atoms with van der Waals surface area (Å²) in [6.07, 6.45) is 21.8. The molecule has 0 radical (unpaired) electrons. The van der Waals surface area contributed by atoms with Crippen molar-refractivity contribution in [3.63, 3.8) is 0 Å². The van der Waals surface area contributed by atoms with Gasteiger partial charge in [-0.1, -0.05) is 70.4 Å². The lowest BCUT2D eigenvalue weighted by atomic mass is 10.1. The summed E-state index contributed by atoms with van der Waals surface area (Å²) in [5, 5.41) is 0. The second-order valence-corrected chi connectivity index (χ2v) is 6.55. The van der Waals surface area contributed by atoms with Crippen LogP contribution in [0, 0.1) is 0 Å². The van der Waals surface area contributed by atoms with Crippen LogP contribution >= 0.6 is 0 Å². The molecule has 0 aliphatic carbocycles. The molecule has 142 valence electrons. The Morgan fingerprint density at radius 2 is 1.29 bits per heavy atom. The number of rotatable bonds is 18. The number of esters is 1. The zero-order chi connectivity index (χ0) is 17.7. The highest BCUT2D eigenvalue weighted by atomic mass is 16.6. The van der Waals surface area contributed by atoms with Crippen LogP contribution in [0.2, 0.25) is 0 Å². The van der Waals surface area contributed by atoms with Gasteiger partial charge in [0.25, 0.3) is 0 Å². The summed E-state index contributed by atoms with van der Waals surface area (Å²) in [4.78, 5) is 11.4. The van der Waals surface area contributed by atoms with Gasteiger partial charge in [-0.05, 0) is 32.1 Å². The molecular formula is C21H40O3. The molecule has 0 aromatic heterocycles. The lowest BCUT2D eigenvalue weighted by Crippen LogP contribution is -2.09. The van der Waals surface area contributed by atoms with Crippen LogP contribution < -0.4 is 0 Å². The molecule has 0 saturated carbocycles. The van der Waals surface area contributed by atoms with Crippen molar-refractivity contribution < 1.29 is 14.3 Å². The van der Waals surface area contributed by atoms with E-state index in [0.29, 0.717) is 19.6 Å². The minimum absolute atomic E-state index is 0.0929.